The van der Waals surface area contributed by atoms with Crippen LogP contribution in [0.1, 0.15) is 88.5 Å². The van der Waals surface area contributed by atoms with Gasteiger partial charge in [0.15, 0.2) is 0 Å². The molecular weight excluding hydrogens is 216 g/mol. The average molecular weight is 244 g/mol. The number of hydrogen-bond acceptors (Lipinski definition) is 0. The Bertz CT molecular complexity index is 391. The van der Waals surface area contributed by atoms with E-state index in [1.54, 1.807) is 0 Å². The summed E-state index contributed by atoms with van der Waals surface area (Å²) in [5.74, 6) is 1.75. The summed E-state index contributed by atoms with van der Waals surface area (Å²) in [7, 11) is 0. The summed E-state index contributed by atoms with van der Waals surface area (Å²) in [5, 5.41) is 0. The fourth-order valence-corrected chi connectivity index (χ4v) is 2.37. The molecule has 0 fully saturated rings. The lowest BCUT2D eigenvalue weighted by Crippen LogP contribution is -2.03. The van der Waals surface area contributed by atoms with Gasteiger partial charge in [-0.05, 0) is 46.9 Å². The third kappa shape index (κ3) is 3.25. The summed E-state index contributed by atoms with van der Waals surface area (Å²) in [4.78, 5) is 0. The van der Waals surface area contributed by atoms with E-state index in [9.17, 15) is 0 Å². The molecule has 1 rings (SSSR count). The van der Waals surface area contributed by atoms with Crippen molar-refractivity contribution < 1.29 is 0 Å². The van der Waals surface area contributed by atoms with Gasteiger partial charge in [-0.1, -0.05) is 65.8 Å². The fraction of sp³-hybridized carbons (Fsp3) is 0.556. The number of benzene rings is 1. The summed E-state index contributed by atoms with van der Waals surface area (Å²) in [6, 6.07) is 4.80. The normalized spacial score (nSPS) is 12.3. The first-order chi connectivity index (χ1) is 8.38. The smallest absolute Gasteiger partial charge is 0.0190 e. The van der Waals surface area contributed by atoms with Gasteiger partial charge in [0.1, 0.15) is 0 Å². The summed E-state index contributed by atoms with van der Waals surface area (Å²) >= 11 is 0. The second-order valence-corrected chi connectivity index (χ2v) is 6.08. The zero-order chi connectivity index (χ0) is 13.9. The summed E-state index contributed by atoms with van der Waals surface area (Å²) in [6.45, 7) is 15.8. The van der Waals surface area contributed by atoms with Crippen molar-refractivity contribution in [2.45, 2.75) is 66.2 Å². The molecule has 0 aliphatic heterocycles. The van der Waals surface area contributed by atoms with E-state index in [1.807, 2.05) is 0 Å². The maximum absolute atomic E-state index is 2.40. The SMILES string of the molecule is CC=Cc1c(C(C)C)cc(C(C)C)cc1C(C)C. The van der Waals surface area contributed by atoms with Crippen LogP contribution in [0.2, 0.25) is 0 Å². The second-order valence-electron chi connectivity index (χ2n) is 6.08. The van der Waals surface area contributed by atoms with E-state index in [1.165, 1.54) is 22.3 Å². The second kappa shape index (κ2) is 6.22. The molecule has 18 heavy (non-hydrogen) atoms. The molecule has 0 bridgehead atoms. The molecule has 0 unspecified atom stereocenters. The van der Waals surface area contributed by atoms with Crippen molar-refractivity contribution in [1.82, 2.24) is 0 Å². The van der Waals surface area contributed by atoms with Crippen LogP contribution in [0.15, 0.2) is 18.2 Å². The summed E-state index contributed by atoms with van der Waals surface area (Å²) < 4.78 is 0. The highest BCUT2D eigenvalue weighted by molar-refractivity contribution is 5.61. The minimum absolute atomic E-state index is 0.576. The van der Waals surface area contributed by atoms with Gasteiger partial charge in [-0.15, -0.1) is 0 Å². The van der Waals surface area contributed by atoms with E-state index in [0.29, 0.717) is 17.8 Å². The van der Waals surface area contributed by atoms with Crippen molar-refractivity contribution >= 4 is 6.08 Å². The van der Waals surface area contributed by atoms with E-state index in [-0.39, 0.29) is 0 Å². The molecule has 0 amide bonds. The molecule has 0 radical (unpaired) electrons. The predicted octanol–water partition coefficient (Wildman–Crippen LogP) is 6.09. The molecule has 0 spiro atoms. The van der Waals surface area contributed by atoms with Crippen LogP contribution in [-0.4, -0.2) is 0 Å². The van der Waals surface area contributed by atoms with Crippen molar-refractivity contribution in [3.8, 4) is 0 Å². The van der Waals surface area contributed by atoms with E-state index in [4.69, 9.17) is 0 Å². The van der Waals surface area contributed by atoms with E-state index >= 15 is 0 Å². The van der Waals surface area contributed by atoms with Gasteiger partial charge in [0.05, 0.1) is 0 Å². The molecule has 0 N–H and O–H groups in total. The molecule has 0 aliphatic carbocycles. The predicted molar refractivity (Wildman–Crippen MR) is 83.4 cm³/mol. The lowest BCUT2D eigenvalue weighted by molar-refractivity contribution is 0.801. The Balaban J connectivity index is 3.54. The van der Waals surface area contributed by atoms with Crippen LogP contribution in [0.3, 0.4) is 0 Å². The standard InChI is InChI=1S/C18H28/c1-8-9-16-17(13(4)5)10-15(12(2)3)11-18(16)14(6)7/h8-14H,1-7H3. The van der Waals surface area contributed by atoms with Crippen LogP contribution < -0.4 is 0 Å². The fourth-order valence-electron chi connectivity index (χ4n) is 2.37. The molecule has 100 valence electrons. The van der Waals surface area contributed by atoms with E-state index in [0.717, 1.165) is 0 Å². The number of rotatable bonds is 4. The molecule has 0 aromatic heterocycles. The van der Waals surface area contributed by atoms with Crippen molar-refractivity contribution in [2.75, 3.05) is 0 Å². The van der Waals surface area contributed by atoms with Crippen molar-refractivity contribution in [3.63, 3.8) is 0 Å². The molecule has 0 heteroatoms. The van der Waals surface area contributed by atoms with E-state index < -0.39 is 0 Å². The Kier molecular flexibility index (Phi) is 5.19. The first kappa shape index (κ1) is 15.0. The molecule has 0 saturated heterocycles. The summed E-state index contributed by atoms with van der Waals surface area (Å²) in [5.41, 5.74) is 5.88. The Morgan fingerprint density at radius 1 is 0.778 bits per heavy atom. The Morgan fingerprint density at radius 3 is 1.50 bits per heavy atom. The van der Waals surface area contributed by atoms with Gasteiger partial charge < -0.3 is 0 Å². The van der Waals surface area contributed by atoms with Gasteiger partial charge in [-0.3, -0.25) is 0 Å². The van der Waals surface area contributed by atoms with Crippen LogP contribution in [0.5, 0.6) is 0 Å². The van der Waals surface area contributed by atoms with Gasteiger partial charge in [0.25, 0.3) is 0 Å². The molecule has 1 aromatic carbocycles. The van der Waals surface area contributed by atoms with Crippen LogP contribution in [-0.2, 0) is 0 Å². The molecule has 0 saturated carbocycles. The van der Waals surface area contributed by atoms with Gasteiger partial charge >= 0.3 is 0 Å². The van der Waals surface area contributed by atoms with Gasteiger partial charge in [0.2, 0.25) is 0 Å². The maximum Gasteiger partial charge on any atom is -0.0190 e. The van der Waals surface area contributed by atoms with Crippen molar-refractivity contribution in [1.29, 1.82) is 0 Å². The molecule has 0 atom stereocenters. The van der Waals surface area contributed by atoms with Gasteiger partial charge in [0, 0.05) is 0 Å². The minimum Gasteiger partial charge on any atom is -0.0870 e. The highest BCUT2D eigenvalue weighted by Gasteiger charge is 2.14. The highest BCUT2D eigenvalue weighted by atomic mass is 14.2. The molecule has 0 aliphatic rings. The van der Waals surface area contributed by atoms with Gasteiger partial charge in [-0.25, -0.2) is 0 Å². The Morgan fingerprint density at radius 2 is 1.22 bits per heavy atom. The zero-order valence-electron chi connectivity index (χ0n) is 13.0. The van der Waals surface area contributed by atoms with Gasteiger partial charge in [-0.2, -0.15) is 0 Å². The Hall–Kier alpha value is -1.04. The maximum atomic E-state index is 2.40. The third-order valence-electron chi connectivity index (χ3n) is 3.51. The molecule has 0 heterocycles. The van der Waals surface area contributed by atoms with Crippen LogP contribution in [0.4, 0.5) is 0 Å². The zero-order valence-corrected chi connectivity index (χ0v) is 13.0. The molecule has 1 aromatic rings. The van der Waals surface area contributed by atoms with Crippen LogP contribution in [0, 0.1) is 0 Å². The lowest BCUT2D eigenvalue weighted by atomic mass is 9.84. The monoisotopic (exact) mass is 244 g/mol. The van der Waals surface area contributed by atoms with Crippen molar-refractivity contribution in [2.24, 2.45) is 0 Å². The lowest BCUT2D eigenvalue weighted by Gasteiger charge is -2.21. The Labute approximate surface area is 113 Å². The van der Waals surface area contributed by atoms with Crippen molar-refractivity contribution in [3.05, 3.63) is 40.5 Å². The highest BCUT2D eigenvalue weighted by Crippen LogP contribution is 2.32. The van der Waals surface area contributed by atoms with Crippen LogP contribution >= 0.6 is 0 Å². The number of hydrogen-bond donors (Lipinski definition) is 0. The van der Waals surface area contributed by atoms with Crippen LogP contribution in [0.25, 0.3) is 6.08 Å². The minimum atomic E-state index is 0.576. The van der Waals surface area contributed by atoms with E-state index in [2.05, 4.69) is 72.8 Å². The molecule has 0 nitrogen and oxygen atoms in total. The largest absolute Gasteiger partial charge is 0.0870 e. The average Bonchev–Trinajstić information content (AvgIpc) is 2.28. The quantitative estimate of drug-likeness (QED) is 0.601. The first-order valence-electron chi connectivity index (χ1n) is 7.18. The first-order valence-corrected chi connectivity index (χ1v) is 7.18. The third-order valence-corrected chi connectivity index (χ3v) is 3.51. The molecular formula is C18H28. The topological polar surface area (TPSA) is 0 Å². The number of allylic oxidation sites excluding steroid dienone is 1. The summed E-state index contributed by atoms with van der Waals surface area (Å²) in [6.07, 6.45) is 4.43.